The van der Waals surface area contributed by atoms with Gasteiger partial charge >= 0.3 is 6.03 Å². The molecule has 1 aliphatic rings. The van der Waals surface area contributed by atoms with Crippen LogP contribution >= 0.6 is 0 Å². The van der Waals surface area contributed by atoms with E-state index < -0.39 is 0 Å². The van der Waals surface area contributed by atoms with Crippen molar-refractivity contribution in [3.8, 4) is 11.5 Å². The van der Waals surface area contributed by atoms with E-state index in [-0.39, 0.29) is 6.03 Å². The van der Waals surface area contributed by atoms with E-state index in [1.165, 1.54) is 19.3 Å². The molecule has 2 rings (SSSR count). The lowest BCUT2D eigenvalue weighted by molar-refractivity contribution is 0.192. The molecule has 0 radical (unpaired) electrons. The third kappa shape index (κ3) is 4.79. The van der Waals surface area contributed by atoms with E-state index in [1.54, 1.807) is 19.1 Å². The van der Waals surface area contributed by atoms with Gasteiger partial charge in [-0.15, -0.1) is 0 Å². The second-order valence-corrected chi connectivity index (χ2v) is 6.68. The Morgan fingerprint density at radius 2 is 1.92 bits per heavy atom. The minimum Gasteiger partial charge on any atom is -0.493 e. The van der Waals surface area contributed by atoms with Gasteiger partial charge in [0.15, 0.2) is 11.5 Å². The van der Waals surface area contributed by atoms with Crippen molar-refractivity contribution in [2.24, 2.45) is 5.92 Å². The number of rotatable bonds is 6. The molecule has 1 aliphatic carbocycles. The number of carbonyl (C=O) groups excluding carboxylic acids is 1. The number of urea groups is 1. The molecule has 1 N–H and O–H groups in total. The summed E-state index contributed by atoms with van der Waals surface area (Å²) in [6.45, 7) is 2.90. The molecular formula is C19H30N2O3. The molecule has 1 aromatic rings. The van der Waals surface area contributed by atoms with Crippen LogP contribution in [0.1, 0.15) is 38.2 Å². The van der Waals surface area contributed by atoms with Crippen LogP contribution in [0.5, 0.6) is 11.5 Å². The molecule has 2 amide bonds. The average molecular weight is 334 g/mol. The predicted octanol–water partition coefficient (Wildman–Crippen LogP) is 3.47. The molecule has 0 bridgehead atoms. The van der Waals surface area contributed by atoms with Crippen LogP contribution in [0.2, 0.25) is 0 Å². The number of hydrogen-bond acceptors (Lipinski definition) is 3. The van der Waals surface area contributed by atoms with E-state index in [0.717, 1.165) is 29.9 Å². The Morgan fingerprint density at radius 3 is 2.58 bits per heavy atom. The highest BCUT2D eigenvalue weighted by atomic mass is 16.5. The molecule has 2 atom stereocenters. The molecule has 1 aromatic carbocycles. The minimum atomic E-state index is 0.0224. The second-order valence-electron chi connectivity index (χ2n) is 6.68. The second kappa shape index (κ2) is 8.81. The highest BCUT2D eigenvalue weighted by Gasteiger charge is 2.23. The van der Waals surface area contributed by atoms with E-state index in [2.05, 4.69) is 12.2 Å². The van der Waals surface area contributed by atoms with Gasteiger partial charge in [0.2, 0.25) is 0 Å². The van der Waals surface area contributed by atoms with Crippen molar-refractivity contribution in [3.05, 3.63) is 23.8 Å². The highest BCUT2D eigenvalue weighted by Crippen LogP contribution is 2.28. The molecule has 1 fully saturated rings. The van der Waals surface area contributed by atoms with Crippen molar-refractivity contribution in [3.63, 3.8) is 0 Å². The first-order valence-corrected chi connectivity index (χ1v) is 8.77. The van der Waals surface area contributed by atoms with Gasteiger partial charge in [0.25, 0.3) is 0 Å². The topological polar surface area (TPSA) is 50.8 Å². The molecule has 0 unspecified atom stereocenters. The number of hydrogen-bond donors (Lipinski definition) is 1. The van der Waals surface area contributed by atoms with Crippen molar-refractivity contribution < 1.29 is 14.3 Å². The first-order valence-electron chi connectivity index (χ1n) is 8.77. The Hall–Kier alpha value is -1.91. The summed E-state index contributed by atoms with van der Waals surface area (Å²) in [6, 6.07) is 6.21. The lowest BCUT2D eigenvalue weighted by atomic mass is 9.86. The van der Waals surface area contributed by atoms with E-state index >= 15 is 0 Å². The van der Waals surface area contributed by atoms with Crippen LogP contribution in [0.4, 0.5) is 4.79 Å². The van der Waals surface area contributed by atoms with Crippen LogP contribution in [0.25, 0.3) is 0 Å². The first-order chi connectivity index (χ1) is 11.5. The number of nitrogens with zero attached hydrogens (tertiary/aromatic N) is 1. The number of likely N-dealkylation sites (N-methyl/N-ethyl adjacent to an activating group) is 1. The lowest BCUT2D eigenvalue weighted by Gasteiger charge is -2.31. The van der Waals surface area contributed by atoms with Gasteiger partial charge in [-0.3, -0.25) is 0 Å². The number of ether oxygens (including phenoxy) is 2. The number of nitrogens with one attached hydrogen (secondary N) is 1. The van der Waals surface area contributed by atoms with Crippen LogP contribution in [0.15, 0.2) is 18.2 Å². The van der Waals surface area contributed by atoms with E-state index in [4.69, 9.17) is 9.47 Å². The number of amides is 2. The van der Waals surface area contributed by atoms with Gasteiger partial charge in [-0.25, -0.2) is 4.79 Å². The van der Waals surface area contributed by atoms with Crippen molar-refractivity contribution in [1.29, 1.82) is 0 Å². The summed E-state index contributed by atoms with van der Waals surface area (Å²) in [4.78, 5) is 14.1. The lowest BCUT2D eigenvalue weighted by Crippen LogP contribution is -2.47. The predicted molar refractivity (Wildman–Crippen MR) is 95.8 cm³/mol. The Kier molecular flexibility index (Phi) is 6.76. The van der Waals surface area contributed by atoms with Crippen LogP contribution in [-0.2, 0) is 6.42 Å². The first kappa shape index (κ1) is 18.4. The Bertz CT molecular complexity index is 547. The Morgan fingerprint density at radius 1 is 1.21 bits per heavy atom. The quantitative estimate of drug-likeness (QED) is 0.867. The minimum absolute atomic E-state index is 0.0224. The summed E-state index contributed by atoms with van der Waals surface area (Å²) in [5, 5.41) is 3.19. The average Bonchev–Trinajstić information content (AvgIpc) is 2.61. The monoisotopic (exact) mass is 334 g/mol. The smallest absolute Gasteiger partial charge is 0.317 e. The maximum atomic E-state index is 12.4. The maximum absolute atomic E-state index is 12.4. The normalized spacial score (nSPS) is 20.3. The summed E-state index contributed by atoms with van der Waals surface area (Å²) in [5.74, 6) is 2.01. The van der Waals surface area contributed by atoms with Gasteiger partial charge in [0.05, 0.1) is 14.2 Å². The van der Waals surface area contributed by atoms with Gasteiger partial charge in [-0.05, 0) is 42.9 Å². The summed E-state index contributed by atoms with van der Waals surface area (Å²) in [6.07, 6.45) is 5.58. The molecule has 0 saturated heterocycles. The van der Waals surface area contributed by atoms with Gasteiger partial charge in [0, 0.05) is 19.6 Å². The summed E-state index contributed by atoms with van der Waals surface area (Å²) in [5.41, 5.74) is 1.12. The molecule has 0 aromatic heterocycles. The molecule has 1 saturated carbocycles. The standard InChI is InChI=1S/C19H30N2O3/c1-14-7-5-6-8-16(14)20-19(22)21(2)12-11-15-9-10-17(23-3)18(13-15)24-4/h9-10,13-14,16H,5-8,11-12H2,1-4H3,(H,20,22)/t14-,16-/m0/s1. The fraction of sp³-hybridized carbons (Fsp3) is 0.632. The third-order valence-corrected chi connectivity index (χ3v) is 4.95. The fourth-order valence-corrected chi connectivity index (χ4v) is 3.23. The van der Waals surface area contributed by atoms with E-state index in [0.29, 0.717) is 18.5 Å². The van der Waals surface area contributed by atoms with Gasteiger partial charge in [0.1, 0.15) is 0 Å². The zero-order valence-corrected chi connectivity index (χ0v) is 15.3. The van der Waals surface area contributed by atoms with Crippen LogP contribution in [0, 0.1) is 5.92 Å². The van der Waals surface area contributed by atoms with E-state index in [9.17, 15) is 4.79 Å². The van der Waals surface area contributed by atoms with Crippen LogP contribution in [0.3, 0.4) is 0 Å². The van der Waals surface area contributed by atoms with Crippen molar-refractivity contribution in [2.45, 2.75) is 45.1 Å². The molecular weight excluding hydrogens is 304 g/mol. The molecule has 0 heterocycles. The van der Waals surface area contributed by atoms with Gasteiger partial charge in [-0.2, -0.15) is 0 Å². The molecule has 0 aliphatic heterocycles. The highest BCUT2D eigenvalue weighted by molar-refractivity contribution is 5.74. The van der Waals surface area contributed by atoms with Crippen molar-refractivity contribution in [2.75, 3.05) is 27.8 Å². The zero-order chi connectivity index (χ0) is 17.5. The Labute approximate surface area is 145 Å². The van der Waals surface area contributed by atoms with Gasteiger partial charge < -0.3 is 19.7 Å². The van der Waals surface area contributed by atoms with Crippen LogP contribution < -0.4 is 14.8 Å². The summed E-state index contributed by atoms with van der Waals surface area (Å²) < 4.78 is 10.6. The molecule has 24 heavy (non-hydrogen) atoms. The largest absolute Gasteiger partial charge is 0.493 e. The van der Waals surface area contributed by atoms with Crippen molar-refractivity contribution in [1.82, 2.24) is 10.2 Å². The number of benzene rings is 1. The summed E-state index contributed by atoms with van der Waals surface area (Å²) in [7, 11) is 5.11. The van der Waals surface area contributed by atoms with Crippen LogP contribution in [-0.4, -0.2) is 44.8 Å². The maximum Gasteiger partial charge on any atom is 0.317 e. The molecule has 5 heteroatoms. The summed E-state index contributed by atoms with van der Waals surface area (Å²) >= 11 is 0. The molecule has 134 valence electrons. The number of methoxy groups -OCH3 is 2. The fourth-order valence-electron chi connectivity index (χ4n) is 3.23. The Balaban J connectivity index is 1.85. The SMILES string of the molecule is COc1ccc(CCN(C)C(=O)N[C@H]2CCCC[C@@H]2C)cc1OC. The van der Waals surface area contributed by atoms with E-state index in [1.807, 2.05) is 25.2 Å². The molecule has 0 spiro atoms. The number of carbonyl (C=O) groups is 1. The zero-order valence-electron chi connectivity index (χ0n) is 15.3. The van der Waals surface area contributed by atoms with Crippen molar-refractivity contribution >= 4 is 6.03 Å². The molecule has 5 nitrogen and oxygen atoms in total. The van der Waals surface area contributed by atoms with Gasteiger partial charge in [-0.1, -0.05) is 25.8 Å². The third-order valence-electron chi connectivity index (χ3n) is 4.95.